The van der Waals surface area contributed by atoms with Gasteiger partial charge in [-0.3, -0.25) is 9.59 Å². The third-order valence-corrected chi connectivity index (χ3v) is 5.78. The summed E-state index contributed by atoms with van der Waals surface area (Å²) in [6.07, 6.45) is 9.74. The first-order chi connectivity index (χ1) is 13.5. The Bertz CT molecular complexity index is 605. The van der Waals surface area contributed by atoms with Crippen LogP contribution in [0.15, 0.2) is 24.3 Å². The Balaban J connectivity index is 1.80. The summed E-state index contributed by atoms with van der Waals surface area (Å²) in [5.74, 6) is 1.12. The molecule has 1 aromatic rings. The number of esters is 1. The van der Waals surface area contributed by atoms with Crippen molar-refractivity contribution < 1.29 is 14.3 Å². The minimum absolute atomic E-state index is 0.294. The molecule has 1 aliphatic carbocycles. The predicted molar refractivity (Wildman–Crippen MR) is 114 cm³/mol. The summed E-state index contributed by atoms with van der Waals surface area (Å²) >= 11 is 0. The van der Waals surface area contributed by atoms with Crippen molar-refractivity contribution in [2.24, 2.45) is 5.92 Å². The van der Waals surface area contributed by atoms with Crippen LogP contribution in [0.2, 0.25) is 0 Å². The second-order valence-corrected chi connectivity index (χ2v) is 8.23. The van der Waals surface area contributed by atoms with Gasteiger partial charge in [-0.2, -0.15) is 0 Å². The molecule has 4 heteroatoms. The van der Waals surface area contributed by atoms with Crippen LogP contribution in [0.4, 0.5) is 0 Å². The molecular formula is C24H37NO3. The van der Waals surface area contributed by atoms with Gasteiger partial charge in [0.25, 0.3) is 0 Å². The topological polar surface area (TPSA) is 46.6 Å². The quantitative estimate of drug-likeness (QED) is 0.387. The van der Waals surface area contributed by atoms with Crippen LogP contribution in [0.3, 0.4) is 0 Å². The minimum atomic E-state index is -0.294. The van der Waals surface area contributed by atoms with Crippen molar-refractivity contribution >= 4 is 11.8 Å². The zero-order chi connectivity index (χ0) is 20.4. The normalized spacial score (nSPS) is 16.1. The fourth-order valence-corrected chi connectivity index (χ4v) is 4.25. The molecule has 0 amide bonds. The summed E-state index contributed by atoms with van der Waals surface area (Å²) in [6.45, 7) is 7.93. The first-order valence-electron chi connectivity index (χ1n) is 11.0. The molecule has 0 bridgehead atoms. The Morgan fingerprint density at radius 1 is 1.11 bits per heavy atom. The van der Waals surface area contributed by atoms with Gasteiger partial charge in [-0.05, 0) is 69.8 Å². The van der Waals surface area contributed by atoms with Gasteiger partial charge in [-0.1, -0.05) is 38.3 Å². The van der Waals surface area contributed by atoms with Gasteiger partial charge in [-0.25, -0.2) is 0 Å². The molecule has 156 valence electrons. The van der Waals surface area contributed by atoms with Gasteiger partial charge in [0.2, 0.25) is 0 Å². The molecule has 0 N–H and O–H groups in total. The molecule has 0 heterocycles. The molecule has 4 nitrogen and oxygen atoms in total. The van der Waals surface area contributed by atoms with Gasteiger partial charge < -0.3 is 9.64 Å². The van der Waals surface area contributed by atoms with E-state index in [1.165, 1.54) is 31.7 Å². The van der Waals surface area contributed by atoms with E-state index >= 15 is 0 Å². The van der Waals surface area contributed by atoms with E-state index in [0.717, 1.165) is 51.6 Å². The standard InChI is InChI=1S/C24H37NO3/c1-4-16-25(17-8-11-24(27)22-9-6-5-7-10-22)19(2)18-21-12-14-23(15-13-21)28-20(3)26/h12-15,19,22H,4-11,16-18H2,1-3H3. The third kappa shape index (κ3) is 7.75. The van der Waals surface area contributed by atoms with Crippen LogP contribution in [-0.4, -0.2) is 35.8 Å². The lowest BCUT2D eigenvalue weighted by molar-refractivity contribution is -0.131. The van der Waals surface area contributed by atoms with Gasteiger partial charge in [0, 0.05) is 25.3 Å². The highest BCUT2D eigenvalue weighted by atomic mass is 16.5. The Labute approximate surface area is 170 Å². The molecule has 1 atom stereocenters. The number of hydrogen-bond acceptors (Lipinski definition) is 4. The maximum absolute atomic E-state index is 12.5. The van der Waals surface area contributed by atoms with E-state index in [2.05, 4.69) is 18.7 Å². The number of carbonyl (C=O) groups is 2. The number of ether oxygens (including phenoxy) is 1. The second-order valence-electron chi connectivity index (χ2n) is 8.23. The number of Topliss-reactive ketones (excluding diaryl/α,β-unsaturated/α-hetero) is 1. The van der Waals surface area contributed by atoms with Crippen molar-refractivity contribution in [3.63, 3.8) is 0 Å². The number of nitrogens with zero attached hydrogens (tertiary/aromatic N) is 1. The highest BCUT2D eigenvalue weighted by molar-refractivity contribution is 5.81. The van der Waals surface area contributed by atoms with Crippen molar-refractivity contribution in [2.75, 3.05) is 13.1 Å². The summed E-state index contributed by atoms with van der Waals surface area (Å²) < 4.78 is 5.10. The van der Waals surface area contributed by atoms with Crippen molar-refractivity contribution in [1.82, 2.24) is 4.90 Å². The van der Waals surface area contributed by atoms with Gasteiger partial charge in [-0.15, -0.1) is 0 Å². The molecule has 1 fully saturated rings. The first kappa shape index (κ1) is 22.6. The molecule has 1 unspecified atom stereocenters. The number of hydrogen-bond donors (Lipinski definition) is 0. The summed E-state index contributed by atoms with van der Waals surface area (Å²) in [5, 5.41) is 0. The molecule has 1 saturated carbocycles. The van der Waals surface area contributed by atoms with Crippen molar-refractivity contribution in [2.45, 2.75) is 84.6 Å². The number of benzene rings is 1. The molecule has 0 aromatic heterocycles. The van der Waals surface area contributed by atoms with Crippen LogP contribution in [0.1, 0.15) is 77.7 Å². The third-order valence-electron chi connectivity index (χ3n) is 5.78. The van der Waals surface area contributed by atoms with Crippen molar-refractivity contribution in [1.29, 1.82) is 0 Å². The minimum Gasteiger partial charge on any atom is -0.427 e. The van der Waals surface area contributed by atoms with Crippen LogP contribution in [-0.2, 0) is 16.0 Å². The van der Waals surface area contributed by atoms with E-state index in [-0.39, 0.29) is 5.97 Å². The average molecular weight is 388 g/mol. The first-order valence-corrected chi connectivity index (χ1v) is 11.0. The fourth-order valence-electron chi connectivity index (χ4n) is 4.25. The summed E-state index contributed by atoms with van der Waals surface area (Å²) in [5.41, 5.74) is 1.24. The molecule has 1 aromatic carbocycles. The van der Waals surface area contributed by atoms with Crippen LogP contribution >= 0.6 is 0 Å². The summed E-state index contributed by atoms with van der Waals surface area (Å²) in [4.78, 5) is 26.0. The summed E-state index contributed by atoms with van der Waals surface area (Å²) in [6, 6.07) is 8.20. The van der Waals surface area contributed by atoms with Gasteiger partial charge in [0.15, 0.2) is 0 Å². The van der Waals surface area contributed by atoms with E-state index in [4.69, 9.17) is 4.74 Å². The molecule has 2 rings (SSSR count). The van der Waals surface area contributed by atoms with Crippen LogP contribution < -0.4 is 4.74 Å². The molecule has 28 heavy (non-hydrogen) atoms. The van der Waals surface area contributed by atoms with Crippen molar-refractivity contribution in [3.05, 3.63) is 29.8 Å². The maximum Gasteiger partial charge on any atom is 0.308 e. The Morgan fingerprint density at radius 2 is 1.79 bits per heavy atom. The van der Waals surface area contributed by atoms with E-state index < -0.39 is 0 Å². The van der Waals surface area contributed by atoms with Crippen LogP contribution in [0.25, 0.3) is 0 Å². The zero-order valence-electron chi connectivity index (χ0n) is 17.9. The monoisotopic (exact) mass is 387 g/mol. The number of carbonyl (C=O) groups excluding carboxylic acids is 2. The SMILES string of the molecule is CCCN(CCCC(=O)C1CCCCC1)C(C)Cc1ccc(OC(C)=O)cc1. The summed E-state index contributed by atoms with van der Waals surface area (Å²) in [7, 11) is 0. The van der Waals surface area contributed by atoms with Gasteiger partial charge >= 0.3 is 5.97 Å². The fraction of sp³-hybridized carbons (Fsp3) is 0.667. The lowest BCUT2D eigenvalue weighted by Gasteiger charge is -2.29. The Hall–Kier alpha value is -1.68. The number of ketones is 1. The Kier molecular flexibility index (Phi) is 9.69. The van der Waals surface area contributed by atoms with E-state index in [0.29, 0.717) is 23.5 Å². The molecule has 0 saturated heterocycles. The molecule has 0 spiro atoms. The highest BCUT2D eigenvalue weighted by Crippen LogP contribution is 2.25. The van der Waals surface area contributed by atoms with E-state index in [9.17, 15) is 9.59 Å². The average Bonchev–Trinajstić information content (AvgIpc) is 2.69. The molecule has 0 radical (unpaired) electrons. The lowest BCUT2D eigenvalue weighted by Crippen LogP contribution is -2.36. The molecule has 1 aliphatic rings. The Morgan fingerprint density at radius 3 is 2.39 bits per heavy atom. The number of rotatable bonds is 11. The zero-order valence-corrected chi connectivity index (χ0v) is 17.9. The van der Waals surface area contributed by atoms with Gasteiger partial charge in [0.05, 0.1) is 0 Å². The molecular weight excluding hydrogens is 350 g/mol. The van der Waals surface area contributed by atoms with E-state index in [1.54, 1.807) is 0 Å². The highest BCUT2D eigenvalue weighted by Gasteiger charge is 2.21. The van der Waals surface area contributed by atoms with Crippen LogP contribution in [0.5, 0.6) is 5.75 Å². The van der Waals surface area contributed by atoms with Gasteiger partial charge in [0.1, 0.15) is 11.5 Å². The van der Waals surface area contributed by atoms with Crippen LogP contribution in [0, 0.1) is 5.92 Å². The second kappa shape index (κ2) is 12.0. The van der Waals surface area contributed by atoms with Crippen molar-refractivity contribution in [3.8, 4) is 5.75 Å². The predicted octanol–water partition coefficient (Wildman–Crippen LogP) is 5.18. The largest absolute Gasteiger partial charge is 0.427 e. The maximum atomic E-state index is 12.5. The smallest absolute Gasteiger partial charge is 0.308 e. The lowest BCUT2D eigenvalue weighted by atomic mass is 9.85. The van der Waals surface area contributed by atoms with E-state index in [1.807, 2.05) is 24.3 Å². The molecule has 0 aliphatic heterocycles.